The number of imidazole rings is 1. The van der Waals surface area contributed by atoms with Crippen LogP contribution in [0.25, 0.3) is 16.9 Å². The summed E-state index contributed by atoms with van der Waals surface area (Å²) in [6.45, 7) is -1.70. The number of carbonyl (C=O) groups excluding carboxylic acids is 1. The molecule has 0 fully saturated rings. The largest absolute Gasteiger partial charge is 0.402 e. The molecule has 0 unspecified atom stereocenters. The molecular formula is C22H17F3N4O3S. The number of benzene rings is 2. The van der Waals surface area contributed by atoms with Gasteiger partial charge in [-0.05, 0) is 42.5 Å². The molecule has 1 amide bonds. The Kier molecular flexibility index (Phi) is 5.91. The van der Waals surface area contributed by atoms with Gasteiger partial charge in [0.05, 0.1) is 10.6 Å². The molecule has 2 heterocycles. The number of amides is 1. The Balaban J connectivity index is 1.47. The van der Waals surface area contributed by atoms with Gasteiger partial charge in [-0.2, -0.15) is 13.2 Å². The van der Waals surface area contributed by atoms with Gasteiger partial charge >= 0.3 is 6.18 Å². The molecular weight excluding hydrogens is 457 g/mol. The number of pyridine rings is 1. The van der Waals surface area contributed by atoms with Gasteiger partial charge in [0.25, 0.3) is 5.91 Å². The highest BCUT2D eigenvalue weighted by molar-refractivity contribution is 7.89. The summed E-state index contributed by atoms with van der Waals surface area (Å²) in [5, 5.41) is 2.64. The van der Waals surface area contributed by atoms with E-state index in [2.05, 4.69) is 10.3 Å². The lowest BCUT2D eigenvalue weighted by Crippen LogP contribution is -2.33. The van der Waals surface area contributed by atoms with E-state index < -0.39 is 33.5 Å². The zero-order valence-corrected chi connectivity index (χ0v) is 17.7. The predicted molar refractivity (Wildman–Crippen MR) is 116 cm³/mol. The molecule has 0 radical (unpaired) electrons. The summed E-state index contributed by atoms with van der Waals surface area (Å²) < 4.78 is 64.6. The van der Waals surface area contributed by atoms with Gasteiger partial charge in [-0.15, -0.1) is 0 Å². The Bertz CT molecular complexity index is 1380. The van der Waals surface area contributed by atoms with E-state index in [-0.39, 0.29) is 5.56 Å². The number of nitrogens with one attached hydrogen (secondary N) is 2. The van der Waals surface area contributed by atoms with Crippen LogP contribution in [-0.4, -0.2) is 36.4 Å². The second-order valence-electron chi connectivity index (χ2n) is 7.09. The van der Waals surface area contributed by atoms with Crippen molar-refractivity contribution in [3.8, 4) is 11.3 Å². The van der Waals surface area contributed by atoms with Crippen LogP contribution in [0.2, 0.25) is 0 Å². The predicted octanol–water partition coefficient (Wildman–Crippen LogP) is 4.09. The van der Waals surface area contributed by atoms with E-state index in [9.17, 15) is 26.4 Å². The van der Waals surface area contributed by atoms with E-state index in [4.69, 9.17) is 0 Å². The summed E-state index contributed by atoms with van der Waals surface area (Å²) in [6, 6.07) is 17.3. The summed E-state index contributed by atoms with van der Waals surface area (Å²) in [5.74, 6) is -0.608. The molecule has 0 bridgehead atoms. The lowest BCUT2D eigenvalue weighted by molar-refractivity contribution is -0.121. The topological polar surface area (TPSA) is 92.6 Å². The van der Waals surface area contributed by atoms with Crippen LogP contribution in [0.4, 0.5) is 18.9 Å². The molecule has 2 aromatic carbocycles. The zero-order chi connectivity index (χ0) is 23.6. The third-order valence-electron chi connectivity index (χ3n) is 4.67. The van der Waals surface area contributed by atoms with E-state index in [1.807, 2.05) is 35.0 Å². The van der Waals surface area contributed by atoms with Crippen LogP contribution >= 0.6 is 0 Å². The normalized spacial score (nSPS) is 12.1. The number of nitrogens with zero attached hydrogens (tertiary/aromatic N) is 2. The number of hydrogen-bond acceptors (Lipinski definition) is 4. The summed E-state index contributed by atoms with van der Waals surface area (Å²) in [6.07, 6.45) is -0.938. The monoisotopic (exact) mass is 474 g/mol. The van der Waals surface area contributed by atoms with Crippen molar-refractivity contribution in [1.82, 2.24) is 14.1 Å². The Morgan fingerprint density at radius 2 is 1.76 bits per heavy atom. The summed E-state index contributed by atoms with van der Waals surface area (Å²) in [5.41, 5.74) is 2.82. The van der Waals surface area contributed by atoms with E-state index in [0.717, 1.165) is 29.0 Å². The molecule has 4 rings (SSSR count). The van der Waals surface area contributed by atoms with Gasteiger partial charge in [-0.1, -0.05) is 24.3 Å². The molecule has 0 spiro atoms. The minimum atomic E-state index is -4.70. The van der Waals surface area contributed by atoms with E-state index in [1.54, 1.807) is 24.3 Å². The van der Waals surface area contributed by atoms with Gasteiger partial charge in [0, 0.05) is 29.2 Å². The van der Waals surface area contributed by atoms with E-state index in [0.29, 0.717) is 5.69 Å². The first-order valence-corrected chi connectivity index (χ1v) is 11.1. The molecule has 7 nitrogen and oxygen atoms in total. The highest BCUT2D eigenvalue weighted by Gasteiger charge is 2.30. The van der Waals surface area contributed by atoms with Crippen molar-refractivity contribution < 1.29 is 26.4 Å². The number of halogens is 3. The summed E-state index contributed by atoms with van der Waals surface area (Å²) in [7, 11) is -4.43. The standard InChI is InChI=1S/C22H17F3N4O3S/c23-22(24,25)14-26-33(31,32)18-5-3-4-16(12-18)21(30)27-17-9-7-15(8-10-17)19-13-29-11-2-1-6-20(29)28-19/h1-13,26H,14H2,(H,27,30). The maximum atomic E-state index is 12.6. The number of fused-ring (bicyclic) bond motifs is 1. The summed E-state index contributed by atoms with van der Waals surface area (Å²) >= 11 is 0. The fraction of sp³-hybridized carbons (Fsp3) is 0.0909. The third kappa shape index (κ3) is 5.38. The molecule has 0 saturated heterocycles. The highest BCUT2D eigenvalue weighted by Crippen LogP contribution is 2.22. The second kappa shape index (κ2) is 8.68. The smallest absolute Gasteiger partial charge is 0.322 e. The van der Waals surface area contributed by atoms with Crippen molar-refractivity contribution in [2.24, 2.45) is 0 Å². The minimum absolute atomic E-state index is 0.0192. The van der Waals surface area contributed by atoms with Crippen LogP contribution in [0.1, 0.15) is 10.4 Å². The van der Waals surface area contributed by atoms with Crippen molar-refractivity contribution in [3.63, 3.8) is 0 Å². The zero-order valence-electron chi connectivity index (χ0n) is 16.9. The maximum Gasteiger partial charge on any atom is 0.402 e. The Hall–Kier alpha value is -3.70. The van der Waals surface area contributed by atoms with Crippen molar-refractivity contribution >= 4 is 27.3 Å². The van der Waals surface area contributed by atoms with E-state index >= 15 is 0 Å². The van der Waals surface area contributed by atoms with Crippen LogP contribution in [-0.2, 0) is 10.0 Å². The highest BCUT2D eigenvalue weighted by atomic mass is 32.2. The number of anilines is 1. The van der Waals surface area contributed by atoms with Crippen LogP contribution in [0.5, 0.6) is 0 Å². The van der Waals surface area contributed by atoms with Gasteiger partial charge in [0.1, 0.15) is 12.2 Å². The third-order valence-corrected chi connectivity index (χ3v) is 6.07. The average molecular weight is 474 g/mol. The number of hydrogen-bond donors (Lipinski definition) is 2. The summed E-state index contributed by atoms with van der Waals surface area (Å²) in [4.78, 5) is 16.6. The van der Waals surface area contributed by atoms with E-state index in [1.165, 1.54) is 16.9 Å². The number of rotatable bonds is 6. The first-order chi connectivity index (χ1) is 15.6. The van der Waals surface area contributed by atoms with Crippen molar-refractivity contribution in [2.45, 2.75) is 11.1 Å². The number of carbonyl (C=O) groups is 1. The Morgan fingerprint density at radius 1 is 1.00 bits per heavy atom. The fourth-order valence-electron chi connectivity index (χ4n) is 3.07. The second-order valence-corrected chi connectivity index (χ2v) is 8.86. The molecule has 33 heavy (non-hydrogen) atoms. The number of aromatic nitrogens is 2. The molecule has 11 heteroatoms. The van der Waals surface area contributed by atoms with Crippen LogP contribution in [0.3, 0.4) is 0 Å². The molecule has 2 aromatic heterocycles. The van der Waals surface area contributed by atoms with Gasteiger partial charge in [-0.25, -0.2) is 18.1 Å². The van der Waals surface area contributed by atoms with Gasteiger partial charge < -0.3 is 9.72 Å². The first-order valence-electron chi connectivity index (χ1n) is 9.63. The molecule has 4 aromatic rings. The van der Waals surface area contributed by atoms with Crippen LogP contribution < -0.4 is 10.0 Å². The Labute approximate surface area is 186 Å². The van der Waals surface area contributed by atoms with Crippen LogP contribution in [0.15, 0.2) is 84.0 Å². The van der Waals surface area contributed by atoms with Crippen molar-refractivity contribution in [3.05, 3.63) is 84.7 Å². The molecule has 0 saturated carbocycles. The number of alkyl halides is 3. The maximum absolute atomic E-state index is 12.6. The minimum Gasteiger partial charge on any atom is -0.322 e. The van der Waals surface area contributed by atoms with Gasteiger partial charge in [0.15, 0.2) is 0 Å². The molecule has 170 valence electrons. The van der Waals surface area contributed by atoms with Crippen molar-refractivity contribution in [2.75, 3.05) is 11.9 Å². The number of sulfonamides is 1. The molecule has 2 N–H and O–H groups in total. The average Bonchev–Trinajstić information content (AvgIpc) is 3.22. The van der Waals surface area contributed by atoms with Gasteiger partial charge in [-0.3, -0.25) is 4.79 Å². The lowest BCUT2D eigenvalue weighted by atomic mass is 10.1. The van der Waals surface area contributed by atoms with Crippen LogP contribution in [0, 0.1) is 0 Å². The lowest BCUT2D eigenvalue weighted by Gasteiger charge is -2.11. The Morgan fingerprint density at radius 3 is 2.45 bits per heavy atom. The van der Waals surface area contributed by atoms with Gasteiger partial charge in [0.2, 0.25) is 10.0 Å². The first kappa shape index (κ1) is 22.5. The fourth-order valence-corrected chi connectivity index (χ4v) is 4.13. The molecule has 0 aliphatic rings. The van der Waals surface area contributed by atoms with Crippen molar-refractivity contribution in [1.29, 1.82) is 0 Å². The quantitative estimate of drug-likeness (QED) is 0.440. The molecule has 0 aliphatic carbocycles. The molecule has 0 aliphatic heterocycles. The molecule has 0 atom stereocenters. The SMILES string of the molecule is O=C(Nc1ccc(-c2cn3ccccc3n2)cc1)c1cccc(S(=O)(=O)NCC(F)(F)F)c1.